The molecule has 0 saturated carbocycles. The van der Waals surface area contributed by atoms with Gasteiger partial charge >= 0.3 is 6.18 Å². The maximum atomic E-state index is 13.3. The number of aromatic nitrogens is 2. The van der Waals surface area contributed by atoms with Crippen LogP contribution in [-0.4, -0.2) is 15.7 Å². The van der Waals surface area contributed by atoms with Crippen LogP contribution in [0, 0.1) is 5.82 Å². The van der Waals surface area contributed by atoms with E-state index >= 15 is 0 Å². The predicted octanol–water partition coefficient (Wildman–Crippen LogP) is 6.51. The van der Waals surface area contributed by atoms with Gasteiger partial charge in [0.1, 0.15) is 12.4 Å². The minimum absolute atomic E-state index is 0.0776. The van der Waals surface area contributed by atoms with E-state index in [9.17, 15) is 22.4 Å². The number of anilines is 1. The molecule has 0 unspecified atom stereocenters. The van der Waals surface area contributed by atoms with Gasteiger partial charge in [-0.2, -0.15) is 18.3 Å². The Morgan fingerprint density at radius 3 is 2.41 bits per heavy atom. The highest BCUT2D eigenvalue weighted by atomic mass is 35.5. The van der Waals surface area contributed by atoms with Crippen molar-refractivity contribution in [3.8, 4) is 11.4 Å². The third-order valence-corrected chi connectivity index (χ3v) is 5.10. The van der Waals surface area contributed by atoms with Crippen LogP contribution in [0.25, 0.3) is 5.69 Å². The Labute approximate surface area is 196 Å². The minimum Gasteiger partial charge on any atom is -0.485 e. The lowest BCUT2D eigenvalue weighted by Gasteiger charge is -2.11. The van der Waals surface area contributed by atoms with Crippen molar-refractivity contribution in [2.75, 3.05) is 5.32 Å². The number of amides is 1. The van der Waals surface area contributed by atoms with Crippen molar-refractivity contribution in [1.82, 2.24) is 9.78 Å². The molecule has 0 aliphatic rings. The van der Waals surface area contributed by atoms with Gasteiger partial charge < -0.3 is 10.1 Å². The molecule has 0 atom stereocenters. The topological polar surface area (TPSA) is 56.2 Å². The van der Waals surface area contributed by atoms with Crippen LogP contribution >= 0.6 is 11.6 Å². The summed E-state index contributed by atoms with van der Waals surface area (Å²) in [5.41, 5.74) is -0.114. The molecule has 4 aromatic rings. The molecule has 3 aromatic carbocycles. The third kappa shape index (κ3) is 5.37. The SMILES string of the molecule is O=C(Nc1cc(C(F)(F)F)ccc1Cl)c1nn(-c2ccc(F)cc2)cc1OCc1ccccc1. The Balaban J connectivity index is 1.66. The first-order valence-electron chi connectivity index (χ1n) is 9.91. The van der Waals surface area contributed by atoms with Crippen molar-refractivity contribution in [2.24, 2.45) is 0 Å². The van der Waals surface area contributed by atoms with Gasteiger partial charge in [0, 0.05) is 0 Å². The summed E-state index contributed by atoms with van der Waals surface area (Å²) in [5, 5.41) is 6.50. The van der Waals surface area contributed by atoms with Gasteiger partial charge in [-0.3, -0.25) is 4.79 Å². The number of hydrogen-bond donors (Lipinski definition) is 1. The molecule has 1 heterocycles. The normalized spacial score (nSPS) is 11.3. The minimum atomic E-state index is -4.61. The second-order valence-corrected chi connectivity index (χ2v) is 7.59. The number of benzene rings is 3. The van der Waals surface area contributed by atoms with E-state index in [1.54, 1.807) is 0 Å². The average molecular weight is 490 g/mol. The Morgan fingerprint density at radius 1 is 1.03 bits per heavy atom. The smallest absolute Gasteiger partial charge is 0.416 e. The first-order valence-corrected chi connectivity index (χ1v) is 10.3. The molecule has 1 aromatic heterocycles. The summed E-state index contributed by atoms with van der Waals surface area (Å²) >= 11 is 6.00. The fraction of sp³-hybridized carbons (Fsp3) is 0.0833. The lowest BCUT2D eigenvalue weighted by molar-refractivity contribution is -0.137. The molecular formula is C24H16ClF4N3O2. The summed E-state index contributed by atoms with van der Waals surface area (Å²) in [4.78, 5) is 13.0. The highest BCUT2D eigenvalue weighted by molar-refractivity contribution is 6.34. The molecule has 5 nitrogen and oxygen atoms in total. The fourth-order valence-electron chi connectivity index (χ4n) is 3.06. The number of rotatable bonds is 6. The Kier molecular flexibility index (Phi) is 6.56. The molecule has 0 bridgehead atoms. The van der Waals surface area contributed by atoms with Crippen LogP contribution in [0.4, 0.5) is 23.2 Å². The Morgan fingerprint density at radius 2 is 1.74 bits per heavy atom. The van der Waals surface area contributed by atoms with E-state index in [0.29, 0.717) is 5.69 Å². The van der Waals surface area contributed by atoms with E-state index in [1.165, 1.54) is 35.1 Å². The van der Waals surface area contributed by atoms with Crippen molar-refractivity contribution in [3.63, 3.8) is 0 Å². The quantitative estimate of drug-likeness (QED) is 0.314. The number of nitrogens with zero attached hydrogens (tertiary/aromatic N) is 2. The fourth-order valence-corrected chi connectivity index (χ4v) is 3.23. The second-order valence-electron chi connectivity index (χ2n) is 7.18. The van der Waals surface area contributed by atoms with E-state index < -0.39 is 23.5 Å². The zero-order valence-electron chi connectivity index (χ0n) is 17.3. The van der Waals surface area contributed by atoms with Gasteiger partial charge in [0.05, 0.1) is 28.2 Å². The standard InChI is InChI=1S/C24H16ClF4N3O2/c25-19-11-6-16(24(27,28)29)12-20(19)30-23(33)22-21(34-14-15-4-2-1-3-5-15)13-32(31-22)18-9-7-17(26)8-10-18/h1-13H,14H2,(H,30,33). The molecule has 1 amide bonds. The first-order chi connectivity index (χ1) is 16.2. The van der Waals surface area contributed by atoms with Crippen LogP contribution in [-0.2, 0) is 12.8 Å². The van der Waals surface area contributed by atoms with Crippen molar-refractivity contribution >= 4 is 23.2 Å². The largest absolute Gasteiger partial charge is 0.485 e. The molecule has 0 aliphatic carbocycles. The van der Waals surface area contributed by atoms with Gasteiger partial charge in [0.25, 0.3) is 5.91 Å². The van der Waals surface area contributed by atoms with Gasteiger partial charge in [-0.15, -0.1) is 0 Å². The van der Waals surface area contributed by atoms with Crippen molar-refractivity contribution in [1.29, 1.82) is 0 Å². The molecule has 0 saturated heterocycles. The van der Waals surface area contributed by atoms with Gasteiger partial charge in [0.15, 0.2) is 11.4 Å². The lowest BCUT2D eigenvalue weighted by Crippen LogP contribution is -2.16. The third-order valence-electron chi connectivity index (χ3n) is 4.77. The van der Waals surface area contributed by atoms with Crippen LogP contribution in [0.5, 0.6) is 5.75 Å². The number of halogens is 5. The number of hydrogen-bond acceptors (Lipinski definition) is 3. The number of carbonyl (C=O) groups excluding carboxylic acids is 1. The molecule has 0 radical (unpaired) electrons. The molecule has 0 aliphatic heterocycles. The van der Waals surface area contributed by atoms with Crippen LogP contribution in [0.2, 0.25) is 5.02 Å². The number of nitrogens with one attached hydrogen (secondary N) is 1. The van der Waals surface area contributed by atoms with Crippen LogP contribution < -0.4 is 10.1 Å². The zero-order chi connectivity index (χ0) is 24.3. The molecule has 0 spiro atoms. The lowest BCUT2D eigenvalue weighted by atomic mass is 10.2. The van der Waals surface area contributed by atoms with Crippen molar-refractivity contribution in [2.45, 2.75) is 12.8 Å². The zero-order valence-corrected chi connectivity index (χ0v) is 18.1. The summed E-state index contributed by atoms with van der Waals surface area (Å²) in [6, 6.07) is 17.1. The molecule has 0 fully saturated rings. The van der Waals surface area contributed by atoms with Crippen LogP contribution in [0.15, 0.2) is 79.0 Å². The highest BCUT2D eigenvalue weighted by Crippen LogP contribution is 2.34. The second kappa shape index (κ2) is 9.56. The monoisotopic (exact) mass is 489 g/mol. The summed E-state index contributed by atoms with van der Waals surface area (Å²) in [6.45, 7) is 0.112. The maximum absolute atomic E-state index is 13.3. The van der Waals surface area contributed by atoms with Gasteiger partial charge in [-0.1, -0.05) is 41.9 Å². The van der Waals surface area contributed by atoms with Gasteiger partial charge in [0.2, 0.25) is 0 Å². The summed E-state index contributed by atoms with van der Waals surface area (Å²) in [7, 11) is 0. The molecule has 1 N–H and O–H groups in total. The van der Waals surface area contributed by atoms with E-state index in [4.69, 9.17) is 16.3 Å². The molecular weight excluding hydrogens is 474 g/mol. The Hall–Kier alpha value is -3.85. The van der Waals surface area contributed by atoms with Gasteiger partial charge in [-0.05, 0) is 48.0 Å². The van der Waals surface area contributed by atoms with Gasteiger partial charge in [-0.25, -0.2) is 9.07 Å². The van der Waals surface area contributed by atoms with Crippen LogP contribution in [0.3, 0.4) is 0 Å². The average Bonchev–Trinajstić information content (AvgIpc) is 3.24. The summed E-state index contributed by atoms with van der Waals surface area (Å²) < 4.78 is 59.7. The van der Waals surface area contributed by atoms with E-state index in [1.807, 2.05) is 30.3 Å². The summed E-state index contributed by atoms with van der Waals surface area (Å²) in [5.74, 6) is -1.20. The van der Waals surface area contributed by atoms with Crippen molar-refractivity contribution in [3.05, 3.63) is 107 Å². The molecule has 4 rings (SSSR count). The van der Waals surface area contributed by atoms with Crippen molar-refractivity contribution < 1.29 is 27.1 Å². The first kappa shape index (κ1) is 23.3. The predicted molar refractivity (Wildman–Crippen MR) is 119 cm³/mol. The maximum Gasteiger partial charge on any atom is 0.416 e. The molecule has 10 heteroatoms. The number of carbonyl (C=O) groups is 1. The molecule has 174 valence electrons. The Bertz CT molecular complexity index is 1310. The highest BCUT2D eigenvalue weighted by Gasteiger charge is 2.31. The molecule has 34 heavy (non-hydrogen) atoms. The van der Waals surface area contributed by atoms with Crippen LogP contribution in [0.1, 0.15) is 21.6 Å². The van der Waals surface area contributed by atoms with E-state index in [-0.39, 0.29) is 28.8 Å². The van der Waals surface area contributed by atoms with E-state index in [0.717, 1.165) is 23.8 Å². The number of alkyl halides is 3. The summed E-state index contributed by atoms with van der Waals surface area (Å²) in [6.07, 6.45) is -3.18. The van der Waals surface area contributed by atoms with E-state index in [2.05, 4.69) is 10.4 Å². The number of ether oxygens (including phenoxy) is 1.